The molecule has 0 aliphatic heterocycles. The SMILES string of the molecule is C=Cc1c(C)cc(=O)oc1/C=C\C.CC. The van der Waals surface area contributed by atoms with Gasteiger partial charge in [0.2, 0.25) is 0 Å². The summed E-state index contributed by atoms with van der Waals surface area (Å²) in [5, 5.41) is 0. The summed E-state index contributed by atoms with van der Waals surface area (Å²) in [5.41, 5.74) is 1.44. The minimum absolute atomic E-state index is 0.323. The minimum Gasteiger partial charge on any atom is -0.423 e. The van der Waals surface area contributed by atoms with E-state index in [9.17, 15) is 4.79 Å². The first-order chi connectivity index (χ1) is 7.19. The van der Waals surface area contributed by atoms with Gasteiger partial charge in [-0.25, -0.2) is 4.79 Å². The van der Waals surface area contributed by atoms with Gasteiger partial charge >= 0.3 is 5.63 Å². The Morgan fingerprint density at radius 1 is 1.40 bits per heavy atom. The van der Waals surface area contributed by atoms with Crippen molar-refractivity contribution >= 4 is 12.2 Å². The van der Waals surface area contributed by atoms with Gasteiger partial charge in [0, 0.05) is 11.6 Å². The minimum atomic E-state index is -0.323. The third-order valence-electron chi connectivity index (χ3n) is 1.76. The highest BCUT2D eigenvalue weighted by molar-refractivity contribution is 5.62. The van der Waals surface area contributed by atoms with Crippen LogP contribution in [0.3, 0.4) is 0 Å². The third-order valence-corrected chi connectivity index (χ3v) is 1.76. The normalized spacial score (nSPS) is 9.60. The van der Waals surface area contributed by atoms with E-state index in [-0.39, 0.29) is 5.63 Å². The van der Waals surface area contributed by atoms with Crippen LogP contribution in [0.5, 0.6) is 0 Å². The predicted octanol–water partition coefficient (Wildman–Crippen LogP) is 3.65. The molecule has 0 amide bonds. The van der Waals surface area contributed by atoms with Crippen LogP contribution in [0.15, 0.2) is 27.9 Å². The zero-order chi connectivity index (χ0) is 11.8. The van der Waals surface area contributed by atoms with E-state index in [1.54, 1.807) is 12.2 Å². The molecule has 0 aliphatic carbocycles. The van der Waals surface area contributed by atoms with Gasteiger partial charge in [0.15, 0.2) is 0 Å². The maximum absolute atomic E-state index is 11.0. The van der Waals surface area contributed by atoms with Crippen LogP contribution in [0.25, 0.3) is 12.2 Å². The van der Waals surface area contributed by atoms with Crippen LogP contribution in [-0.2, 0) is 0 Å². The standard InChI is InChI=1S/C11H12O2.C2H6/c1-4-6-10-9(5-2)8(3)7-11(12)13-10;1-2/h4-7H,2H2,1,3H3;1-2H3/b6-4-;. The van der Waals surface area contributed by atoms with Crippen LogP contribution >= 0.6 is 0 Å². The van der Waals surface area contributed by atoms with Gasteiger partial charge in [0.25, 0.3) is 0 Å². The first-order valence-corrected chi connectivity index (χ1v) is 5.09. The monoisotopic (exact) mass is 206 g/mol. The summed E-state index contributed by atoms with van der Waals surface area (Å²) in [6, 6.07) is 1.46. The number of aryl methyl sites for hydroxylation is 1. The maximum atomic E-state index is 11.0. The highest BCUT2D eigenvalue weighted by atomic mass is 16.4. The molecule has 0 saturated heterocycles. The molecule has 0 N–H and O–H groups in total. The van der Waals surface area contributed by atoms with Crippen molar-refractivity contribution in [2.24, 2.45) is 0 Å². The zero-order valence-electron chi connectivity index (χ0n) is 9.83. The number of hydrogen-bond donors (Lipinski definition) is 0. The van der Waals surface area contributed by atoms with Gasteiger partial charge in [0.05, 0.1) is 0 Å². The molecule has 82 valence electrons. The molecule has 0 radical (unpaired) electrons. The highest BCUT2D eigenvalue weighted by Crippen LogP contribution is 2.14. The molecule has 0 aliphatic rings. The topological polar surface area (TPSA) is 30.2 Å². The van der Waals surface area contributed by atoms with Crippen LogP contribution in [0.1, 0.15) is 37.7 Å². The zero-order valence-corrected chi connectivity index (χ0v) is 9.83. The molecule has 0 fully saturated rings. The highest BCUT2D eigenvalue weighted by Gasteiger charge is 2.03. The number of allylic oxidation sites excluding steroid dienone is 1. The van der Waals surface area contributed by atoms with Gasteiger partial charge in [-0.05, 0) is 25.5 Å². The summed E-state index contributed by atoms with van der Waals surface area (Å²) in [7, 11) is 0. The van der Waals surface area contributed by atoms with Gasteiger partial charge in [-0.1, -0.05) is 32.6 Å². The van der Waals surface area contributed by atoms with Crippen LogP contribution in [0.2, 0.25) is 0 Å². The summed E-state index contributed by atoms with van der Waals surface area (Å²) >= 11 is 0. The Balaban J connectivity index is 0.000000921. The second-order valence-corrected chi connectivity index (χ2v) is 2.73. The molecule has 1 rings (SSSR count). The van der Waals surface area contributed by atoms with Crippen LogP contribution in [-0.4, -0.2) is 0 Å². The Kier molecular flexibility index (Phi) is 6.11. The van der Waals surface area contributed by atoms with E-state index >= 15 is 0 Å². The number of rotatable bonds is 2. The van der Waals surface area contributed by atoms with Gasteiger partial charge < -0.3 is 4.42 Å². The Bertz CT molecular complexity index is 397. The molecular formula is C13H18O2. The molecule has 2 nitrogen and oxygen atoms in total. The van der Waals surface area contributed by atoms with E-state index in [0.29, 0.717) is 5.76 Å². The Morgan fingerprint density at radius 2 is 2.00 bits per heavy atom. The fourth-order valence-electron chi connectivity index (χ4n) is 1.18. The molecule has 0 spiro atoms. The summed E-state index contributed by atoms with van der Waals surface area (Å²) in [6.45, 7) is 11.4. The molecule has 2 heteroatoms. The van der Waals surface area contributed by atoms with Crippen molar-refractivity contribution in [1.82, 2.24) is 0 Å². The Labute approximate surface area is 90.9 Å². The average molecular weight is 206 g/mol. The van der Waals surface area contributed by atoms with Crippen LogP contribution in [0, 0.1) is 6.92 Å². The summed E-state index contributed by atoms with van der Waals surface area (Å²) < 4.78 is 5.01. The van der Waals surface area contributed by atoms with E-state index in [1.165, 1.54) is 6.07 Å². The molecule has 0 atom stereocenters. The lowest BCUT2D eigenvalue weighted by atomic mass is 10.1. The summed E-state index contributed by atoms with van der Waals surface area (Å²) in [4.78, 5) is 11.0. The van der Waals surface area contributed by atoms with Crippen molar-refractivity contribution in [3.63, 3.8) is 0 Å². The first-order valence-electron chi connectivity index (χ1n) is 5.09. The van der Waals surface area contributed by atoms with Crippen molar-refractivity contribution in [2.75, 3.05) is 0 Å². The van der Waals surface area contributed by atoms with Gasteiger partial charge in [-0.15, -0.1) is 0 Å². The largest absolute Gasteiger partial charge is 0.423 e. The Morgan fingerprint density at radius 3 is 2.47 bits per heavy atom. The smallest absolute Gasteiger partial charge is 0.336 e. The lowest BCUT2D eigenvalue weighted by Crippen LogP contribution is -2.01. The molecule has 15 heavy (non-hydrogen) atoms. The summed E-state index contributed by atoms with van der Waals surface area (Å²) in [5.74, 6) is 0.572. The van der Waals surface area contributed by atoms with Crippen molar-refractivity contribution in [1.29, 1.82) is 0 Å². The lowest BCUT2D eigenvalue weighted by molar-refractivity contribution is 0.498. The van der Waals surface area contributed by atoms with E-state index in [2.05, 4.69) is 6.58 Å². The van der Waals surface area contributed by atoms with Crippen molar-refractivity contribution in [3.8, 4) is 0 Å². The quantitative estimate of drug-likeness (QED) is 0.739. The molecule has 0 bridgehead atoms. The number of hydrogen-bond acceptors (Lipinski definition) is 2. The van der Waals surface area contributed by atoms with Crippen molar-refractivity contribution in [2.45, 2.75) is 27.7 Å². The molecule has 1 aromatic rings. The molecule has 0 unspecified atom stereocenters. The predicted molar refractivity (Wildman–Crippen MR) is 65.9 cm³/mol. The van der Waals surface area contributed by atoms with Crippen LogP contribution < -0.4 is 5.63 Å². The van der Waals surface area contributed by atoms with Gasteiger partial charge in [-0.3, -0.25) is 0 Å². The fourth-order valence-corrected chi connectivity index (χ4v) is 1.18. The van der Waals surface area contributed by atoms with Crippen molar-refractivity contribution in [3.05, 3.63) is 46.0 Å². The van der Waals surface area contributed by atoms with Gasteiger partial charge in [-0.2, -0.15) is 0 Å². The molecule has 1 heterocycles. The fraction of sp³-hybridized carbons (Fsp3) is 0.308. The maximum Gasteiger partial charge on any atom is 0.336 e. The molecule has 1 aromatic heterocycles. The summed E-state index contributed by atoms with van der Waals surface area (Å²) in [6.07, 6.45) is 5.27. The van der Waals surface area contributed by atoms with E-state index in [1.807, 2.05) is 33.8 Å². The van der Waals surface area contributed by atoms with E-state index < -0.39 is 0 Å². The van der Waals surface area contributed by atoms with E-state index in [4.69, 9.17) is 4.42 Å². The van der Waals surface area contributed by atoms with Crippen LogP contribution in [0.4, 0.5) is 0 Å². The first kappa shape index (κ1) is 13.4. The van der Waals surface area contributed by atoms with Gasteiger partial charge in [0.1, 0.15) is 5.76 Å². The second kappa shape index (κ2) is 6.82. The van der Waals surface area contributed by atoms with Crippen molar-refractivity contribution < 1.29 is 4.42 Å². The molecule has 0 saturated carbocycles. The molecule has 0 aromatic carbocycles. The second-order valence-electron chi connectivity index (χ2n) is 2.73. The molecular weight excluding hydrogens is 188 g/mol. The third kappa shape index (κ3) is 3.58. The average Bonchev–Trinajstić information content (AvgIpc) is 2.21. The van der Waals surface area contributed by atoms with E-state index in [0.717, 1.165) is 11.1 Å². The lowest BCUT2D eigenvalue weighted by Gasteiger charge is -2.01. The Hall–Kier alpha value is -1.57.